The van der Waals surface area contributed by atoms with Gasteiger partial charge in [-0.25, -0.2) is 14.1 Å². The molecule has 11 nitrogen and oxygen atoms in total. The number of piperazine rings is 1. The quantitative estimate of drug-likeness (QED) is 0.361. The lowest BCUT2D eigenvalue weighted by Gasteiger charge is -2.39. The number of β-amino-alcohol motifs (C(OH)–C–C–N with tert-alkyl or cyclic N) is 1. The molecule has 2 saturated heterocycles. The van der Waals surface area contributed by atoms with Crippen LogP contribution in [0.3, 0.4) is 0 Å². The highest BCUT2D eigenvalue weighted by molar-refractivity contribution is 5.79. The zero-order valence-electron chi connectivity index (χ0n) is 24.0. The van der Waals surface area contributed by atoms with Crippen LogP contribution in [0.5, 0.6) is 0 Å². The van der Waals surface area contributed by atoms with E-state index >= 15 is 0 Å². The summed E-state index contributed by atoms with van der Waals surface area (Å²) in [5.41, 5.74) is 4.83. The van der Waals surface area contributed by atoms with E-state index in [1.807, 2.05) is 11.9 Å². The molecule has 0 radical (unpaired) electrons. The van der Waals surface area contributed by atoms with Gasteiger partial charge in [-0.1, -0.05) is 6.92 Å². The number of aromatic nitrogens is 4. The number of rotatable bonds is 7. The monoisotopic (exact) mass is 571 g/mol. The summed E-state index contributed by atoms with van der Waals surface area (Å²) in [4.78, 5) is 25.6. The van der Waals surface area contributed by atoms with Crippen molar-refractivity contribution in [1.82, 2.24) is 29.0 Å². The first-order valence-corrected chi connectivity index (χ1v) is 14.2. The molecule has 1 amide bonds. The van der Waals surface area contributed by atoms with E-state index in [2.05, 4.69) is 46.4 Å². The number of nitriles is 1. The maximum Gasteiger partial charge on any atom is 0.236 e. The van der Waals surface area contributed by atoms with Gasteiger partial charge in [-0.05, 0) is 49.2 Å². The molecule has 0 spiro atoms. The highest BCUT2D eigenvalue weighted by atomic mass is 19.1. The van der Waals surface area contributed by atoms with Crippen molar-refractivity contribution in [3.8, 4) is 11.8 Å². The number of aryl methyl sites for hydroxylation is 2. The molecule has 0 bridgehead atoms. The van der Waals surface area contributed by atoms with Gasteiger partial charge in [-0.3, -0.25) is 14.1 Å². The van der Waals surface area contributed by atoms with Crippen LogP contribution in [0.4, 0.5) is 21.7 Å². The number of halogens is 1. The molecule has 0 aliphatic carbocycles. The third-order valence-corrected chi connectivity index (χ3v) is 8.12. The second kappa shape index (κ2) is 11.1. The zero-order valence-corrected chi connectivity index (χ0v) is 24.0. The van der Waals surface area contributed by atoms with E-state index in [9.17, 15) is 19.6 Å². The topological polar surface area (TPSA) is 109 Å². The van der Waals surface area contributed by atoms with Crippen LogP contribution in [-0.2, 0) is 11.2 Å². The average molecular weight is 572 g/mol. The van der Waals surface area contributed by atoms with Gasteiger partial charge >= 0.3 is 0 Å². The van der Waals surface area contributed by atoms with Crippen LogP contribution in [-0.4, -0.2) is 98.9 Å². The Labute approximate surface area is 243 Å². The van der Waals surface area contributed by atoms with Crippen LogP contribution < -0.4 is 9.80 Å². The van der Waals surface area contributed by atoms with Gasteiger partial charge in [-0.2, -0.15) is 5.26 Å². The lowest BCUT2D eigenvalue weighted by molar-refractivity contribution is -0.142. The van der Waals surface area contributed by atoms with E-state index in [-0.39, 0.29) is 17.8 Å². The fourth-order valence-corrected chi connectivity index (χ4v) is 5.71. The van der Waals surface area contributed by atoms with Gasteiger partial charge in [0.25, 0.3) is 0 Å². The normalized spacial score (nSPS) is 16.1. The summed E-state index contributed by atoms with van der Waals surface area (Å²) in [6.45, 7) is 8.49. The van der Waals surface area contributed by atoms with E-state index < -0.39 is 0 Å². The van der Waals surface area contributed by atoms with Crippen LogP contribution in [0.25, 0.3) is 11.3 Å². The zero-order chi connectivity index (χ0) is 29.5. The van der Waals surface area contributed by atoms with Gasteiger partial charge in [0, 0.05) is 58.6 Å². The Morgan fingerprint density at radius 2 is 1.86 bits per heavy atom. The molecule has 2 aliphatic rings. The van der Waals surface area contributed by atoms with Crippen molar-refractivity contribution < 1.29 is 14.3 Å². The van der Waals surface area contributed by atoms with Crippen molar-refractivity contribution >= 4 is 28.9 Å². The Morgan fingerprint density at radius 3 is 2.50 bits per heavy atom. The molecule has 0 saturated carbocycles. The van der Waals surface area contributed by atoms with Crippen molar-refractivity contribution in [2.24, 2.45) is 0 Å². The molecule has 0 unspecified atom stereocenters. The van der Waals surface area contributed by atoms with Crippen molar-refractivity contribution in [3.63, 3.8) is 0 Å². The van der Waals surface area contributed by atoms with Crippen LogP contribution in [0.15, 0.2) is 42.6 Å². The van der Waals surface area contributed by atoms with E-state index in [0.717, 1.165) is 54.6 Å². The molecule has 1 aromatic carbocycles. The van der Waals surface area contributed by atoms with Crippen LogP contribution in [0.2, 0.25) is 0 Å². The largest absolute Gasteiger partial charge is 0.389 e. The number of aliphatic hydroxyl groups excluding tert-OH is 1. The number of carbonyl (C=O) groups is 1. The molecule has 5 heterocycles. The second-order valence-corrected chi connectivity index (χ2v) is 11.0. The minimum Gasteiger partial charge on any atom is -0.389 e. The number of benzene rings is 1. The Bertz CT molecular complexity index is 1660. The Balaban J connectivity index is 1.27. The smallest absolute Gasteiger partial charge is 0.236 e. The van der Waals surface area contributed by atoms with Crippen LogP contribution in [0.1, 0.15) is 23.9 Å². The van der Waals surface area contributed by atoms with E-state index in [4.69, 9.17) is 10.1 Å². The van der Waals surface area contributed by atoms with Crippen molar-refractivity contribution in [1.29, 1.82) is 5.26 Å². The summed E-state index contributed by atoms with van der Waals surface area (Å²) in [5.74, 6) is 1.16. The molecular formula is C30H34FN9O2. The second-order valence-electron chi connectivity index (χ2n) is 11.0. The maximum absolute atomic E-state index is 13.5. The lowest BCUT2D eigenvalue weighted by Crippen LogP contribution is -2.57. The summed E-state index contributed by atoms with van der Waals surface area (Å²) < 4.78 is 17.1. The molecule has 2 aliphatic heterocycles. The van der Waals surface area contributed by atoms with Crippen molar-refractivity contribution in [2.45, 2.75) is 26.4 Å². The fourth-order valence-electron chi connectivity index (χ4n) is 5.71. The molecule has 0 atom stereocenters. The van der Waals surface area contributed by atoms with Crippen molar-refractivity contribution in [2.75, 3.05) is 62.7 Å². The van der Waals surface area contributed by atoms with Crippen molar-refractivity contribution in [3.05, 3.63) is 65.4 Å². The van der Waals surface area contributed by atoms with Crippen LogP contribution in [0, 0.1) is 24.1 Å². The number of fused-ring (bicyclic) bond motifs is 1. The third-order valence-electron chi connectivity index (χ3n) is 8.12. The minimum absolute atomic E-state index is 0.0747. The van der Waals surface area contributed by atoms with Gasteiger partial charge in [0.05, 0.1) is 29.7 Å². The third kappa shape index (κ3) is 5.06. The summed E-state index contributed by atoms with van der Waals surface area (Å²) in [6.07, 6.45) is 2.42. The number of aliphatic hydroxyl groups is 1. The highest BCUT2D eigenvalue weighted by Gasteiger charge is 2.30. The summed E-state index contributed by atoms with van der Waals surface area (Å²) >= 11 is 0. The molecule has 2 fully saturated rings. The molecule has 1 N–H and O–H groups in total. The van der Waals surface area contributed by atoms with Gasteiger partial charge < -0.3 is 19.8 Å². The number of hydrogen-bond acceptors (Lipinski definition) is 8. The molecule has 3 aromatic heterocycles. The summed E-state index contributed by atoms with van der Waals surface area (Å²) in [6, 6.07) is 12.0. The lowest BCUT2D eigenvalue weighted by atomic mass is 10.1. The number of carbonyl (C=O) groups excluding carboxylic acids is 1. The molecule has 218 valence electrons. The SMILES string of the molecule is CCc1nc2c(C)cc(N3CCN(CC(=O)N4CC(O)C4)CC3)cn2c1N(C)c1cc(C#N)n(-c2ccc(F)cc2)n1. The number of anilines is 3. The first-order valence-electron chi connectivity index (χ1n) is 14.2. The van der Waals surface area contributed by atoms with E-state index in [1.54, 1.807) is 23.1 Å². The van der Waals surface area contributed by atoms with Gasteiger partial charge in [0.1, 0.15) is 29.0 Å². The number of likely N-dealkylation sites (tertiary alicyclic amines) is 1. The number of pyridine rings is 1. The van der Waals surface area contributed by atoms with Crippen LogP contribution >= 0.6 is 0 Å². The predicted octanol–water partition coefficient (Wildman–Crippen LogP) is 2.49. The van der Waals surface area contributed by atoms with Gasteiger partial charge in [-0.15, -0.1) is 5.10 Å². The molecule has 4 aromatic rings. The summed E-state index contributed by atoms with van der Waals surface area (Å²) in [7, 11) is 1.91. The Kier molecular flexibility index (Phi) is 7.30. The predicted molar refractivity (Wildman–Crippen MR) is 157 cm³/mol. The molecular weight excluding hydrogens is 537 g/mol. The highest BCUT2D eigenvalue weighted by Crippen LogP contribution is 2.32. The fraction of sp³-hybridized carbons (Fsp3) is 0.400. The standard InChI is InChI=1S/C30H34FN9O2/c1-4-26-30(35(3)27-14-23(15-32)40(34-27)22-7-5-21(31)6-8-22)39-16-24(13-20(2)29(39)33-26)37-11-9-36(10-12-37)19-28(42)38-17-25(41)18-38/h5-8,13-14,16,25,41H,4,9-12,17-19H2,1-3H3. The number of amides is 1. The maximum atomic E-state index is 13.5. The van der Waals surface area contributed by atoms with Gasteiger partial charge in [0.15, 0.2) is 5.82 Å². The van der Waals surface area contributed by atoms with Gasteiger partial charge in [0.2, 0.25) is 5.91 Å². The molecule has 6 rings (SSSR count). The summed E-state index contributed by atoms with van der Waals surface area (Å²) in [5, 5.41) is 24.0. The molecule has 42 heavy (non-hydrogen) atoms. The number of nitrogens with zero attached hydrogens (tertiary/aromatic N) is 9. The number of hydrogen-bond donors (Lipinski definition) is 1. The first kappa shape index (κ1) is 27.7. The van der Waals surface area contributed by atoms with E-state index in [1.165, 1.54) is 16.8 Å². The first-order chi connectivity index (χ1) is 20.2. The number of imidazole rings is 1. The Hall–Kier alpha value is -4.47. The minimum atomic E-state index is -0.386. The Morgan fingerprint density at radius 1 is 1.14 bits per heavy atom. The average Bonchev–Trinajstić information content (AvgIpc) is 3.58. The molecule has 12 heteroatoms. The van der Waals surface area contributed by atoms with E-state index in [0.29, 0.717) is 43.3 Å².